The summed E-state index contributed by atoms with van der Waals surface area (Å²) in [5.74, 6) is -0.108. The van der Waals surface area contributed by atoms with Crippen LogP contribution in [0.5, 0.6) is 0 Å². The zero-order valence-corrected chi connectivity index (χ0v) is 17.1. The molecule has 7 N–H and O–H groups in total. The fourth-order valence-electron chi connectivity index (χ4n) is 3.13. The first kappa shape index (κ1) is 23.6. The molecule has 170 valence electrons. The van der Waals surface area contributed by atoms with Gasteiger partial charge in [0.25, 0.3) is 0 Å². The molecule has 1 aliphatic heterocycles. The fraction of sp³-hybridized carbons (Fsp3) is 0.600. The maximum atomic E-state index is 13.7. The first-order valence-electron chi connectivity index (χ1n) is 7.67. The summed E-state index contributed by atoms with van der Waals surface area (Å²) in [5, 5.41) is 10.6. The van der Waals surface area contributed by atoms with Crippen molar-refractivity contribution in [3.8, 4) is 0 Å². The molecule has 0 aromatic carbocycles. The van der Waals surface area contributed by atoms with Crippen LogP contribution < -0.4 is 11.4 Å². The van der Waals surface area contributed by atoms with Gasteiger partial charge in [-0.25, -0.2) is 22.9 Å². The Bertz CT molecular complexity index is 1060. The van der Waals surface area contributed by atoms with Gasteiger partial charge in [0.15, 0.2) is 5.60 Å². The lowest BCUT2D eigenvalue weighted by Crippen LogP contribution is -2.32. The summed E-state index contributed by atoms with van der Waals surface area (Å²) in [6, 6.07) is 1.23. The van der Waals surface area contributed by atoms with Crippen LogP contribution in [-0.2, 0) is 31.6 Å². The highest BCUT2D eigenvalue weighted by Gasteiger charge is 2.86. The van der Waals surface area contributed by atoms with Crippen LogP contribution in [0.1, 0.15) is 12.6 Å². The van der Waals surface area contributed by atoms with E-state index in [9.17, 15) is 32.9 Å². The molecule has 30 heavy (non-hydrogen) atoms. The number of phosphoric ester groups is 1. The van der Waals surface area contributed by atoms with Gasteiger partial charge >= 0.3 is 29.2 Å². The van der Waals surface area contributed by atoms with Crippen molar-refractivity contribution in [3.63, 3.8) is 0 Å². The van der Waals surface area contributed by atoms with Crippen LogP contribution in [0.15, 0.2) is 17.1 Å². The largest absolute Gasteiger partial charge is 0.490 e. The van der Waals surface area contributed by atoms with Gasteiger partial charge in [-0.2, -0.15) is 13.6 Å². The molecule has 0 spiro atoms. The summed E-state index contributed by atoms with van der Waals surface area (Å²) in [6.45, 7) is -1.47. The number of nitrogens with two attached hydrogens (primary N) is 1. The summed E-state index contributed by atoms with van der Waals surface area (Å²) in [5.41, 5.74) is -0.0466. The average molecular weight is 497 g/mol. The summed E-state index contributed by atoms with van der Waals surface area (Å²) >= 11 is 0. The van der Waals surface area contributed by atoms with Crippen molar-refractivity contribution in [3.05, 3.63) is 22.7 Å². The number of halogens is 1. The van der Waals surface area contributed by atoms with Gasteiger partial charge < -0.3 is 35.2 Å². The first-order valence-corrected chi connectivity index (χ1v) is 12.2. The molecule has 0 amide bonds. The average Bonchev–Trinajstić information content (AvgIpc) is 2.84. The Balaban J connectivity index is 1.75. The van der Waals surface area contributed by atoms with E-state index in [-0.39, 0.29) is 5.82 Å². The van der Waals surface area contributed by atoms with E-state index >= 15 is 0 Å². The number of alkyl halides is 1. The molecule has 1 aromatic rings. The number of anilines is 1. The summed E-state index contributed by atoms with van der Waals surface area (Å²) in [7, 11) is -17.0. The third-order valence-corrected chi connectivity index (χ3v) is 8.16. The van der Waals surface area contributed by atoms with E-state index in [0.29, 0.717) is 0 Å². The molecule has 1 saturated carbocycles. The SMILES string of the molecule is Nc1ccn([C@H]2C[C@@]3(O)C(OP(=O)(O)OP(=O)(O)OP(=O)(O)O)[C@@]3(CF)O2)c(=O)n1. The second-order valence-electron chi connectivity index (χ2n) is 6.34. The lowest BCUT2D eigenvalue weighted by Gasteiger charge is -2.22. The highest BCUT2D eigenvalue weighted by Crippen LogP contribution is 2.72. The van der Waals surface area contributed by atoms with E-state index in [1.165, 1.54) is 6.07 Å². The lowest BCUT2D eigenvalue weighted by molar-refractivity contribution is -0.0756. The van der Waals surface area contributed by atoms with Gasteiger partial charge in [-0.3, -0.25) is 9.09 Å². The van der Waals surface area contributed by atoms with Crippen LogP contribution in [0.25, 0.3) is 0 Å². The zero-order chi connectivity index (χ0) is 22.8. The Morgan fingerprint density at radius 2 is 1.90 bits per heavy atom. The predicted octanol–water partition coefficient (Wildman–Crippen LogP) is -1.09. The number of aliphatic hydroxyl groups is 1. The number of nitrogen functional groups attached to an aromatic ring is 1. The Hall–Kier alpha value is -1.06. The quantitative estimate of drug-likeness (QED) is 0.233. The molecule has 20 heteroatoms. The van der Waals surface area contributed by atoms with Gasteiger partial charge in [0, 0.05) is 12.6 Å². The van der Waals surface area contributed by atoms with Crippen molar-refractivity contribution in [2.24, 2.45) is 0 Å². The molecule has 1 aliphatic carbocycles. The van der Waals surface area contributed by atoms with Gasteiger partial charge in [0.05, 0.1) is 0 Å². The predicted molar refractivity (Wildman–Crippen MR) is 90.0 cm³/mol. The van der Waals surface area contributed by atoms with Crippen LogP contribution in [0.4, 0.5) is 10.2 Å². The van der Waals surface area contributed by atoms with Crippen molar-refractivity contribution in [1.29, 1.82) is 0 Å². The summed E-state index contributed by atoms with van der Waals surface area (Å²) < 4.78 is 65.3. The van der Waals surface area contributed by atoms with Crippen LogP contribution in [0.2, 0.25) is 0 Å². The molecule has 16 nitrogen and oxygen atoms in total. The number of nitrogens with zero attached hydrogens (tertiary/aromatic N) is 2. The summed E-state index contributed by atoms with van der Waals surface area (Å²) in [4.78, 5) is 51.0. The van der Waals surface area contributed by atoms with Gasteiger partial charge in [-0.15, -0.1) is 0 Å². The number of hydrogen-bond acceptors (Lipinski definition) is 11. The molecule has 0 radical (unpaired) electrons. The first-order chi connectivity index (χ1) is 13.5. The fourth-order valence-corrected chi connectivity index (χ4v) is 6.40. The number of hydrogen-bond donors (Lipinski definition) is 6. The monoisotopic (exact) mass is 497 g/mol. The normalized spacial score (nSPS) is 34.7. The maximum absolute atomic E-state index is 13.7. The Morgan fingerprint density at radius 3 is 2.40 bits per heavy atom. The Kier molecular flexibility index (Phi) is 5.69. The number of aromatic nitrogens is 2. The van der Waals surface area contributed by atoms with Crippen molar-refractivity contribution in [2.45, 2.75) is 30.0 Å². The van der Waals surface area contributed by atoms with E-state index < -0.39 is 65.8 Å². The summed E-state index contributed by atoms with van der Waals surface area (Å²) in [6.07, 6.45) is -2.53. The van der Waals surface area contributed by atoms with Crippen LogP contribution in [0, 0.1) is 0 Å². The highest BCUT2D eigenvalue weighted by atomic mass is 31.3. The molecule has 0 bridgehead atoms. The molecule has 2 aliphatic rings. The number of fused-ring (bicyclic) bond motifs is 1. The minimum atomic E-state index is -5.80. The van der Waals surface area contributed by atoms with Crippen molar-refractivity contribution >= 4 is 29.3 Å². The van der Waals surface area contributed by atoms with E-state index in [4.69, 9.17) is 25.2 Å². The van der Waals surface area contributed by atoms with Gasteiger partial charge in [-0.05, 0) is 6.07 Å². The third kappa shape index (κ3) is 4.30. The number of phosphoric acid groups is 3. The second kappa shape index (κ2) is 7.24. The van der Waals surface area contributed by atoms with Crippen molar-refractivity contribution in [1.82, 2.24) is 9.55 Å². The van der Waals surface area contributed by atoms with Gasteiger partial charge in [0.1, 0.15) is 30.4 Å². The minimum Gasteiger partial charge on any atom is -0.384 e. The van der Waals surface area contributed by atoms with E-state index in [1.54, 1.807) is 0 Å². The minimum absolute atomic E-state index is 0.108. The Labute approximate surface area is 165 Å². The Morgan fingerprint density at radius 1 is 1.27 bits per heavy atom. The topological polar surface area (TPSA) is 250 Å². The molecule has 1 saturated heterocycles. The van der Waals surface area contributed by atoms with E-state index in [2.05, 4.69) is 18.1 Å². The molecular formula is C10H15FN3O13P3. The third-order valence-electron chi connectivity index (χ3n) is 4.35. The van der Waals surface area contributed by atoms with Crippen LogP contribution >= 0.6 is 23.5 Å². The van der Waals surface area contributed by atoms with E-state index in [1.807, 2.05) is 0 Å². The highest BCUT2D eigenvalue weighted by molar-refractivity contribution is 7.66. The van der Waals surface area contributed by atoms with Gasteiger partial charge in [-0.1, -0.05) is 0 Å². The zero-order valence-electron chi connectivity index (χ0n) is 14.4. The molecule has 1 aromatic heterocycles. The van der Waals surface area contributed by atoms with Crippen LogP contribution in [0.3, 0.4) is 0 Å². The van der Waals surface area contributed by atoms with Gasteiger partial charge in [0.2, 0.25) is 0 Å². The second-order valence-corrected chi connectivity index (χ2v) is 10.7. The molecular weight excluding hydrogens is 482 g/mol. The lowest BCUT2D eigenvalue weighted by atomic mass is 10.2. The maximum Gasteiger partial charge on any atom is 0.490 e. The standard InChI is InChI=1S/C10H15FN3O13P3/c11-4-10-7(25-29(20,21)27-30(22,23)26-28(17,18)19)9(10,16)3-6(24-10)14-2-1-5(12)13-8(14)15/h1-2,6-7,16H,3-4H2,(H,20,21)(H,22,23)(H2,12,13,15)(H2,17,18,19)/t6-,7?,9-,10-/m1/s1. The molecule has 6 atom stereocenters. The van der Waals surface area contributed by atoms with Crippen molar-refractivity contribution < 1.29 is 60.6 Å². The van der Waals surface area contributed by atoms with Crippen LogP contribution in [-0.4, -0.2) is 58.2 Å². The number of rotatable bonds is 8. The molecule has 3 rings (SSSR count). The van der Waals surface area contributed by atoms with E-state index in [0.717, 1.165) is 10.8 Å². The molecule has 2 heterocycles. The molecule has 2 fully saturated rings. The molecule has 3 unspecified atom stereocenters. The smallest absolute Gasteiger partial charge is 0.384 e. The van der Waals surface area contributed by atoms with Crippen molar-refractivity contribution in [2.75, 3.05) is 12.4 Å². The number of ether oxygens (including phenoxy) is 1.